The van der Waals surface area contributed by atoms with Crippen molar-refractivity contribution in [1.82, 2.24) is 10.6 Å². The Balaban J connectivity index is 2.43. The van der Waals surface area contributed by atoms with E-state index in [1.54, 1.807) is 19.1 Å². The van der Waals surface area contributed by atoms with E-state index in [2.05, 4.69) is 10.6 Å². The van der Waals surface area contributed by atoms with E-state index in [4.69, 9.17) is 9.84 Å². The molecule has 7 heteroatoms. The highest BCUT2D eigenvalue weighted by atomic mass is 16.5. The van der Waals surface area contributed by atoms with Crippen molar-refractivity contribution >= 4 is 18.0 Å². The van der Waals surface area contributed by atoms with Gasteiger partial charge in [0.2, 0.25) is 0 Å². The number of aromatic carboxylic acids is 1. The van der Waals surface area contributed by atoms with Crippen molar-refractivity contribution < 1.29 is 24.2 Å². The molecule has 1 aromatic rings. The maximum Gasteiger partial charge on any atom is 0.337 e. The molecule has 2 amide bonds. The van der Waals surface area contributed by atoms with Crippen molar-refractivity contribution in [1.29, 1.82) is 0 Å². The number of urea groups is 1. The maximum atomic E-state index is 11.9. The summed E-state index contributed by atoms with van der Waals surface area (Å²) in [7, 11) is 1.25. The Morgan fingerprint density at radius 2 is 1.86 bits per heavy atom. The fraction of sp³-hybridized carbons (Fsp3) is 0.214. The predicted octanol–water partition coefficient (Wildman–Crippen LogP) is 1.19. The van der Waals surface area contributed by atoms with Crippen LogP contribution in [0.1, 0.15) is 28.9 Å². The largest absolute Gasteiger partial charge is 0.478 e. The number of nitrogens with one attached hydrogen (secondary N) is 2. The number of allylic oxidation sites excluding steroid dienone is 1. The summed E-state index contributed by atoms with van der Waals surface area (Å²) < 4.78 is 4.73. The average molecular weight is 290 g/mol. The molecule has 1 aliphatic rings. The van der Waals surface area contributed by atoms with Gasteiger partial charge in [-0.1, -0.05) is 12.1 Å². The lowest BCUT2D eigenvalue weighted by Gasteiger charge is -2.27. The van der Waals surface area contributed by atoms with E-state index in [0.29, 0.717) is 11.3 Å². The number of benzene rings is 1. The predicted molar refractivity (Wildman–Crippen MR) is 72.5 cm³/mol. The number of amides is 2. The van der Waals surface area contributed by atoms with Crippen LogP contribution in [0.4, 0.5) is 4.79 Å². The second-order valence-electron chi connectivity index (χ2n) is 4.49. The smallest absolute Gasteiger partial charge is 0.337 e. The molecular weight excluding hydrogens is 276 g/mol. The number of hydrogen-bond acceptors (Lipinski definition) is 4. The average Bonchev–Trinajstić information content (AvgIpc) is 2.45. The SMILES string of the molecule is COC(=O)C1=C(C)NC(=O)NC1c1ccc(C(=O)O)cc1. The van der Waals surface area contributed by atoms with Crippen LogP contribution < -0.4 is 10.6 Å². The Bertz CT molecular complexity index is 633. The van der Waals surface area contributed by atoms with Gasteiger partial charge in [-0.05, 0) is 24.6 Å². The van der Waals surface area contributed by atoms with Crippen LogP contribution in [0, 0.1) is 0 Å². The zero-order valence-electron chi connectivity index (χ0n) is 11.5. The van der Waals surface area contributed by atoms with Gasteiger partial charge >= 0.3 is 18.0 Å². The lowest BCUT2D eigenvalue weighted by atomic mass is 9.95. The van der Waals surface area contributed by atoms with E-state index in [1.807, 2.05) is 0 Å². The molecule has 1 aromatic carbocycles. The Hall–Kier alpha value is -2.83. The van der Waals surface area contributed by atoms with Crippen LogP contribution in [-0.4, -0.2) is 30.2 Å². The van der Waals surface area contributed by atoms with Gasteiger partial charge < -0.3 is 20.5 Å². The van der Waals surface area contributed by atoms with Gasteiger partial charge in [-0.15, -0.1) is 0 Å². The molecule has 0 bridgehead atoms. The molecule has 0 saturated carbocycles. The second kappa shape index (κ2) is 5.66. The van der Waals surface area contributed by atoms with Crippen molar-refractivity contribution in [2.24, 2.45) is 0 Å². The van der Waals surface area contributed by atoms with Crippen molar-refractivity contribution in [3.8, 4) is 0 Å². The van der Waals surface area contributed by atoms with Gasteiger partial charge in [-0.2, -0.15) is 0 Å². The van der Waals surface area contributed by atoms with Crippen LogP contribution in [-0.2, 0) is 9.53 Å². The molecule has 0 aromatic heterocycles. The third kappa shape index (κ3) is 2.86. The van der Waals surface area contributed by atoms with Crippen molar-refractivity contribution in [3.05, 3.63) is 46.7 Å². The molecule has 0 saturated heterocycles. The lowest BCUT2D eigenvalue weighted by Crippen LogP contribution is -2.45. The van der Waals surface area contributed by atoms with Gasteiger partial charge in [0.05, 0.1) is 24.3 Å². The quantitative estimate of drug-likeness (QED) is 0.725. The zero-order valence-corrected chi connectivity index (χ0v) is 11.5. The third-order valence-corrected chi connectivity index (χ3v) is 3.17. The van der Waals surface area contributed by atoms with Crippen molar-refractivity contribution in [3.63, 3.8) is 0 Å². The summed E-state index contributed by atoms with van der Waals surface area (Å²) in [5, 5.41) is 14.0. The van der Waals surface area contributed by atoms with E-state index in [9.17, 15) is 14.4 Å². The number of carbonyl (C=O) groups excluding carboxylic acids is 2. The summed E-state index contributed by atoms with van der Waals surface area (Å²) in [5.41, 5.74) is 1.40. The number of hydrogen-bond donors (Lipinski definition) is 3. The van der Waals surface area contributed by atoms with E-state index >= 15 is 0 Å². The molecule has 0 spiro atoms. The Morgan fingerprint density at radius 3 is 2.38 bits per heavy atom. The summed E-state index contributed by atoms with van der Waals surface area (Å²) >= 11 is 0. The fourth-order valence-electron chi connectivity index (χ4n) is 2.14. The van der Waals surface area contributed by atoms with Gasteiger partial charge in [-0.3, -0.25) is 0 Å². The number of rotatable bonds is 3. The van der Waals surface area contributed by atoms with E-state index in [0.717, 1.165) is 0 Å². The summed E-state index contributed by atoms with van der Waals surface area (Å²) in [6.45, 7) is 1.60. The molecule has 3 N–H and O–H groups in total. The lowest BCUT2D eigenvalue weighted by molar-refractivity contribution is -0.136. The van der Waals surface area contributed by atoms with Gasteiger partial charge in [0.25, 0.3) is 0 Å². The number of ether oxygens (including phenoxy) is 1. The number of carbonyl (C=O) groups is 3. The summed E-state index contributed by atoms with van der Waals surface area (Å²) in [6.07, 6.45) is 0. The highest BCUT2D eigenvalue weighted by Crippen LogP contribution is 2.27. The molecule has 110 valence electrons. The summed E-state index contributed by atoms with van der Waals surface area (Å²) in [4.78, 5) is 34.3. The van der Waals surface area contributed by atoms with Crippen LogP contribution in [0.15, 0.2) is 35.5 Å². The van der Waals surface area contributed by atoms with Gasteiger partial charge in [0.15, 0.2) is 0 Å². The second-order valence-corrected chi connectivity index (χ2v) is 4.49. The van der Waals surface area contributed by atoms with Crippen LogP contribution in [0.5, 0.6) is 0 Å². The zero-order chi connectivity index (χ0) is 15.6. The number of carboxylic acids is 1. The maximum absolute atomic E-state index is 11.9. The Kier molecular flexibility index (Phi) is 3.93. The van der Waals surface area contributed by atoms with E-state index < -0.39 is 24.0 Å². The minimum atomic E-state index is -1.05. The fourth-order valence-corrected chi connectivity index (χ4v) is 2.14. The molecule has 1 atom stereocenters. The standard InChI is InChI=1S/C14H14N2O5/c1-7-10(13(19)21-2)11(16-14(20)15-7)8-3-5-9(6-4-8)12(17)18/h3-6,11H,1-2H3,(H,17,18)(H2,15,16,20). The van der Waals surface area contributed by atoms with Crippen molar-refractivity contribution in [2.45, 2.75) is 13.0 Å². The minimum Gasteiger partial charge on any atom is -0.478 e. The van der Waals surface area contributed by atoms with Crippen molar-refractivity contribution in [2.75, 3.05) is 7.11 Å². The molecule has 0 radical (unpaired) electrons. The van der Waals surface area contributed by atoms with Crippen LogP contribution >= 0.6 is 0 Å². The highest BCUT2D eigenvalue weighted by Gasteiger charge is 2.31. The number of esters is 1. The molecule has 2 rings (SSSR count). The number of methoxy groups -OCH3 is 1. The first-order valence-electron chi connectivity index (χ1n) is 6.14. The molecule has 0 aliphatic carbocycles. The first kappa shape index (κ1) is 14.6. The Labute approximate surface area is 120 Å². The molecule has 7 nitrogen and oxygen atoms in total. The van der Waals surface area contributed by atoms with E-state index in [-0.39, 0.29) is 11.1 Å². The number of carboxylic acid groups (broad SMARTS) is 1. The van der Waals surface area contributed by atoms with Crippen LogP contribution in [0.3, 0.4) is 0 Å². The molecule has 1 unspecified atom stereocenters. The van der Waals surface area contributed by atoms with Gasteiger partial charge in [-0.25, -0.2) is 14.4 Å². The van der Waals surface area contributed by atoms with Crippen LogP contribution in [0.2, 0.25) is 0 Å². The normalized spacial score (nSPS) is 17.8. The molecular formula is C14H14N2O5. The molecule has 0 fully saturated rings. The van der Waals surface area contributed by atoms with Gasteiger partial charge in [0.1, 0.15) is 0 Å². The molecule has 1 heterocycles. The van der Waals surface area contributed by atoms with Crippen LogP contribution in [0.25, 0.3) is 0 Å². The Morgan fingerprint density at radius 1 is 1.24 bits per heavy atom. The molecule has 21 heavy (non-hydrogen) atoms. The monoisotopic (exact) mass is 290 g/mol. The summed E-state index contributed by atoms with van der Waals surface area (Å²) in [5.74, 6) is -1.61. The molecule has 1 aliphatic heterocycles. The van der Waals surface area contributed by atoms with E-state index in [1.165, 1.54) is 19.2 Å². The highest BCUT2D eigenvalue weighted by molar-refractivity contribution is 5.95. The van der Waals surface area contributed by atoms with Gasteiger partial charge in [0, 0.05) is 5.70 Å². The first-order chi connectivity index (χ1) is 9.93. The third-order valence-electron chi connectivity index (χ3n) is 3.17. The first-order valence-corrected chi connectivity index (χ1v) is 6.14. The topological polar surface area (TPSA) is 105 Å². The minimum absolute atomic E-state index is 0.124. The summed E-state index contributed by atoms with van der Waals surface area (Å²) in [6, 6.07) is 4.81.